The molecule has 1 aromatic rings. The molecule has 9 heteroatoms. The number of hydrogen-bond acceptors (Lipinski definition) is 5. The van der Waals surface area contributed by atoms with E-state index in [9.17, 15) is 18.0 Å². The fourth-order valence-electron chi connectivity index (χ4n) is 3.10. The van der Waals surface area contributed by atoms with Gasteiger partial charge in [-0.05, 0) is 44.2 Å². The maximum absolute atomic E-state index is 12.1. The monoisotopic (exact) mass is 394 g/mol. The zero-order chi connectivity index (χ0) is 19.4. The number of hydrogen-bond donors (Lipinski definition) is 2. The van der Waals surface area contributed by atoms with Crippen LogP contribution < -0.4 is 14.9 Å². The maximum atomic E-state index is 12.1. The van der Waals surface area contributed by atoms with E-state index in [2.05, 4.69) is 14.9 Å². The first-order chi connectivity index (χ1) is 12.9. The molecular weight excluding hydrogens is 368 g/mol. The Morgan fingerprint density at radius 1 is 1.07 bits per heavy atom. The third-order valence-electron chi connectivity index (χ3n) is 4.98. The number of piperazine rings is 1. The molecule has 1 saturated carbocycles. The lowest BCUT2D eigenvalue weighted by atomic mass is 10.1. The van der Waals surface area contributed by atoms with Gasteiger partial charge in [0.25, 0.3) is 5.91 Å². The number of nitrogens with zero attached hydrogens (tertiary/aromatic N) is 2. The molecule has 8 nitrogen and oxygen atoms in total. The highest BCUT2D eigenvalue weighted by molar-refractivity contribution is 7.89. The average Bonchev–Trinajstić information content (AvgIpc) is 3.53. The molecule has 1 saturated heterocycles. The van der Waals surface area contributed by atoms with Gasteiger partial charge in [-0.25, -0.2) is 13.1 Å². The molecular formula is C18H26N4O4S. The summed E-state index contributed by atoms with van der Waals surface area (Å²) in [5.74, 6) is 0.101. The Morgan fingerprint density at radius 2 is 1.70 bits per heavy atom. The molecule has 148 valence electrons. The van der Waals surface area contributed by atoms with Gasteiger partial charge in [-0.1, -0.05) is 0 Å². The van der Waals surface area contributed by atoms with Crippen LogP contribution in [0.4, 0.5) is 5.69 Å². The predicted molar refractivity (Wildman–Crippen MR) is 103 cm³/mol. The molecule has 1 aliphatic heterocycles. The van der Waals surface area contributed by atoms with Crippen molar-refractivity contribution in [1.29, 1.82) is 0 Å². The van der Waals surface area contributed by atoms with Crippen LogP contribution in [0.3, 0.4) is 0 Å². The molecule has 0 radical (unpaired) electrons. The minimum Gasteiger partial charge on any atom is -0.368 e. The minimum atomic E-state index is -3.33. The molecule has 0 spiro atoms. The van der Waals surface area contributed by atoms with Crippen molar-refractivity contribution in [3.05, 3.63) is 29.8 Å². The van der Waals surface area contributed by atoms with Crippen LogP contribution in [0, 0.1) is 5.92 Å². The molecule has 0 bridgehead atoms. The van der Waals surface area contributed by atoms with Gasteiger partial charge in [0.2, 0.25) is 15.9 Å². The number of carbonyl (C=O) groups is 2. The summed E-state index contributed by atoms with van der Waals surface area (Å²) in [7, 11) is -1.99. The van der Waals surface area contributed by atoms with Crippen LogP contribution in [0.5, 0.6) is 0 Å². The summed E-state index contributed by atoms with van der Waals surface area (Å²) in [4.78, 5) is 28.4. The molecule has 0 atom stereocenters. The summed E-state index contributed by atoms with van der Waals surface area (Å²) in [5, 5.41) is 2.61. The third-order valence-corrected chi connectivity index (χ3v) is 6.34. The van der Waals surface area contributed by atoms with E-state index < -0.39 is 10.0 Å². The summed E-state index contributed by atoms with van der Waals surface area (Å²) in [6.07, 6.45) is 2.06. The van der Waals surface area contributed by atoms with Crippen molar-refractivity contribution in [2.45, 2.75) is 12.8 Å². The van der Waals surface area contributed by atoms with Crippen LogP contribution >= 0.6 is 0 Å². The number of carbonyl (C=O) groups excluding carboxylic acids is 2. The normalized spacial score (nSPS) is 17.7. The number of anilines is 1. The van der Waals surface area contributed by atoms with Crippen LogP contribution in [0.15, 0.2) is 24.3 Å². The summed E-state index contributed by atoms with van der Waals surface area (Å²) >= 11 is 0. The first-order valence-electron chi connectivity index (χ1n) is 9.23. The van der Waals surface area contributed by atoms with Crippen molar-refractivity contribution in [3.8, 4) is 0 Å². The zero-order valence-corrected chi connectivity index (χ0v) is 16.3. The van der Waals surface area contributed by atoms with Gasteiger partial charge in [-0.3, -0.25) is 9.59 Å². The highest BCUT2D eigenvalue weighted by Crippen LogP contribution is 2.31. The lowest BCUT2D eigenvalue weighted by molar-refractivity contribution is -0.132. The highest BCUT2D eigenvalue weighted by atomic mass is 32.2. The van der Waals surface area contributed by atoms with Gasteiger partial charge >= 0.3 is 0 Å². The van der Waals surface area contributed by atoms with Crippen LogP contribution in [0.1, 0.15) is 23.2 Å². The quantitative estimate of drug-likeness (QED) is 0.680. The molecule has 1 aliphatic carbocycles. The SMILES string of the molecule is CNS(=O)(=O)CCNC(=O)c1ccc(N2CCN(C(=O)C3CC3)CC2)cc1. The standard InChI is InChI=1S/C18H26N4O4S/c1-19-27(25,26)13-8-20-17(23)14-4-6-16(7-5-14)21-9-11-22(12-10-21)18(24)15-2-3-15/h4-7,15,19H,2-3,8-13H2,1H3,(H,20,23). The molecule has 1 aromatic carbocycles. The van der Waals surface area contributed by atoms with Crippen LogP contribution in [-0.2, 0) is 14.8 Å². The number of sulfonamides is 1. The zero-order valence-electron chi connectivity index (χ0n) is 15.5. The van der Waals surface area contributed by atoms with E-state index in [-0.39, 0.29) is 24.1 Å². The van der Waals surface area contributed by atoms with Gasteiger partial charge < -0.3 is 15.1 Å². The molecule has 27 heavy (non-hydrogen) atoms. The Bertz CT molecular complexity index is 782. The van der Waals surface area contributed by atoms with Crippen molar-refractivity contribution in [2.75, 3.05) is 50.4 Å². The lowest BCUT2D eigenvalue weighted by Crippen LogP contribution is -2.49. The smallest absolute Gasteiger partial charge is 0.251 e. The van der Waals surface area contributed by atoms with Gasteiger partial charge in [0.15, 0.2) is 0 Å². The number of rotatable bonds is 7. The average molecular weight is 394 g/mol. The minimum absolute atomic E-state index is 0.0563. The van der Waals surface area contributed by atoms with Gasteiger partial charge in [-0.15, -0.1) is 0 Å². The van der Waals surface area contributed by atoms with Gasteiger partial charge in [0.1, 0.15) is 0 Å². The number of benzene rings is 1. The van der Waals surface area contributed by atoms with E-state index in [0.717, 1.165) is 44.7 Å². The third kappa shape index (κ3) is 5.20. The van der Waals surface area contributed by atoms with Crippen molar-refractivity contribution in [3.63, 3.8) is 0 Å². The summed E-state index contributed by atoms with van der Waals surface area (Å²) in [6, 6.07) is 7.24. The molecule has 0 aromatic heterocycles. The van der Waals surface area contributed by atoms with E-state index in [1.807, 2.05) is 17.0 Å². The molecule has 2 aliphatic rings. The second-order valence-corrected chi connectivity index (χ2v) is 8.96. The fraction of sp³-hybridized carbons (Fsp3) is 0.556. The van der Waals surface area contributed by atoms with Crippen molar-refractivity contribution in [1.82, 2.24) is 14.9 Å². The number of nitrogens with one attached hydrogen (secondary N) is 2. The summed E-state index contributed by atoms with van der Waals surface area (Å²) < 4.78 is 24.9. The number of amides is 2. The van der Waals surface area contributed by atoms with E-state index in [1.54, 1.807) is 12.1 Å². The molecule has 0 unspecified atom stereocenters. The van der Waals surface area contributed by atoms with Crippen LogP contribution in [0.25, 0.3) is 0 Å². The first kappa shape index (κ1) is 19.6. The highest BCUT2D eigenvalue weighted by Gasteiger charge is 2.34. The maximum Gasteiger partial charge on any atom is 0.251 e. The van der Waals surface area contributed by atoms with E-state index >= 15 is 0 Å². The van der Waals surface area contributed by atoms with Gasteiger partial charge in [0.05, 0.1) is 5.75 Å². The molecule has 1 heterocycles. The molecule has 2 amide bonds. The van der Waals surface area contributed by atoms with Crippen molar-refractivity contribution in [2.24, 2.45) is 5.92 Å². The van der Waals surface area contributed by atoms with Crippen molar-refractivity contribution >= 4 is 27.5 Å². The Hall–Kier alpha value is -2.13. The van der Waals surface area contributed by atoms with E-state index in [0.29, 0.717) is 11.5 Å². The Labute approximate surface area is 160 Å². The lowest BCUT2D eigenvalue weighted by Gasteiger charge is -2.36. The second kappa shape index (κ2) is 8.26. The topological polar surface area (TPSA) is 98.8 Å². The largest absolute Gasteiger partial charge is 0.368 e. The summed E-state index contributed by atoms with van der Waals surface area (Å²) in [5.41, 5.74) is 1.51. The van der Waals surface area contributed by atoms with Crippen LogP contribution in [0.2, 0.25) is 0 Å². The fourth-order valence-corrected chi connectivity index (χ4v) is 3.68. The van der Waals surface area contributed by atoms with Gasteiger partial charge in [0, 0.05) is 49.9 Å². The van der Waals surface area contributed by atoms with Gasteiger partial charge in [-0.2, -0.15) is 0 Å². The van der Waals surface area contributed by atoms with Crippen LogP contribution in [-0.4, -0.2) is 70.7 Å². The second-order valence-electron chi connectivity index (χ2n) is 6.91. The molecule has 2 fully saturated rings. The summed E-state index contributed by atoms with van der Waals surface area (Å²) in [6.45, 7) is 3.09. The van der Waals surface area contributed by atoms with E-state index in [4.69, 9.17) is 0 Å². The van der Waals surface area contributed by atoms with E-state index in [1.165, 1.54) is 7.05 Å². The van der Waals surface area contributed by atoms with Crippen molar-refractivity contribution < 1.29 is 18.0 Å². The Kier molecular flexibility index (Phi) is 6.01. The molecule has 2 N–H and O–H groups in total. The molecule has 3 rings (SSSR count). The Balaban J connectivity index is 1.48. The predicted octanol–water partition coefficient (Wildman–Crippen LogP) is 0.0242. The Morgan fingerprint density at radius 3 is 2.26 bits per heavy atom. The first-order valence-corrected chi connectivity index (χ1v) is 10.9.